The van der Waals surface area contributed by atoms with Crippen molar-refractivity contribution in [1.82, 2.24) is 4.90 Å². The summed E-state index contributed by atoms with van der Waals surface area (Å²) in [6, 6.07) is 13.1. The van der Waals surface area contributed by atoms with E-state index in [0.29, 0.717) is 17.9 Å². The Kier molecular flexibility index (Phi) is 6.49. The number of hydrogen-bond donors (Lipinski definition) is 2. The average Bonchev–Trinajstić information content (AvgIpc) is 2.64. The summed E-state index contributed by atoms with van der Waals surface area (Å²) in [6.07, 6.45) is 3.09. The number of rotatable bonds is 5. The molecule has 1 heterocycles. The minimum atomic E-state index is -0.122. The van der Waals surface area contributed by atoms with Crippen molar-refractivity contribution in [3.8, 4) is 0 Å². The Morgan fingerprint density at radius 2 is 1.75 bits per heavy atom. The van der Waals surface area contributed by atoms with Gasteiger partial charge in [-0.15, -0.1) is 0 Å². The van der Waals surface area contributed by atoms with E-state index in [1.54, 1.807) is 24.3 Å². The highest BCUT2D eigenvalue weighted by atomic mass is 35.5. The van der Waals surface area contributed by atoms with E-state index in [1.165, 1.54) is 23.6 Å². The van der Waals surface area contributed by atoms with E-state index in [4.69, 9.17) is 11.6 Å². The topological polar surface area (TPSA) is 61.4 Å². The maximum Gasteiger partial charge on any atom is 0.238 e. The first-order chi connectivity index (χ1) is 13.4. The van der Waals surface area contributed by atoms with E-state index in [1.807, 2.05) is 12.1 Å². The molecule has 0 fully saturated rings. The summed E-state index contributed by atoms with van der Waals surface area (Å²) in [7, 11) is 0. The number of amides is 2. The van der Waals surface area contributed by atoms with Crippen LogP contribution in [-0.4, -0.2) is 36.3 Å². The van der Waals surface area contributed by atoms with Crippen LogP contribution in [0.2, 0.25) is 5.02 Å². The predicted octanol–water partition coefficient (Wildman–Crippen LogP) is 4.33. The largest absolute Gasteiger partial charge is 0.326 e. The predicted molar refractivity (Wildman–Crippen MR) is 115 cm³/mol. The Labute approximate surface area is 170 Å². The summed E-state index contributed by atoms with van der Waals surface area (Å²) in [5.41, 5.74) is 5.13. The number of anilines is 2. The monoisotopic (exact) mass is 397 g/mol. The van der Waals surface area contributed by atoms with Gasteiger partial charge >= 0.3 is 0 Å². The highest BCUT2D eigenvalue weighted by Crippen LogP contribution is 2.27. The van der Waals surface area contributed by atoms with Crippen molar-refractivity contribution in [2.75, 3.05) is 30.3 Å². The molecule has 1 aliphatic rings. The van der Waals surface area contributed by atoms with E-state index >= 15 is 0 Å². The van der Waals surface area contributed by atoms with Crippen molar-refractivity contribution in [1.29, 1.82) is 0 Å². The molecule has 0 aromatic heterocycles. The summed E-state index contributed by atoms with van der Waals surface area (Å²) in [5, 5.41) is 6.35. The van der Waals surface area contributed by atoms with Crippen LogP contribution in [0.1, 0.15) is 24.5 Å². The van der Waals surface area contributed by atoms with E-state index < -0.39 is 0 Å². The molecule has 2 aromatic rings. The molecule has 1 aliphatic heterocycles. The molecule has 2 N–H and O–H groups in total. The Morgan fingerprint density at radius 1 is 1.07 bits per heavy atom. The second-order valence-electron chi connectivity index (χ2n) is 6.98. The zero-order valence-corrected chi connectivity index (χ0v) is 16.8. The first-order valence-electron chi connectivity index (χ1n) is 9.26. The van der Waals surface area contributed by atoms with Crippen molar-refractivity contribution in [3.05, 3.63) is 64.7 Å². The SMILES string of the molecule is CC(=O)Nc1ccc(NC(=O)CN2CC=C(c3ccc(Cl)cc3C)CC2)cc1. The highest BCUT2D eigenvalue weighted by Gasteiger charge is 2.17. The molecular formula is C22H24ClN3O2. The van der Waals surface area contributed by atoms with Gasteiger partial charge in [0, 0.05) is 36.4 Å². The molecule has 0 aliphatic carbocycles. The van der Waals surface area contributed by atoms with Gasteiger partial charge in [-0.2, -0.15) is 0 Å². The first-order valence-corrected chi connectivity index (χ1v) is 9.64. The molecule has 3 rings (SSSR count). The fourth-order valence-electron chi connectivity index (χ4n) is 3.33. The standard InChI is InChI=1S/C22H24ClN3O2/c1-15-13-18(23)3-8-21(15)17-9-11-26(12-10-17)14-22(28)25-20-6-4-19(5-7-20)24-16(2)27/h3-9,13H,10-12,14H2,1-2H3,(H,24,27)(H,25,28). The number of nitrogens with zero attached hydrogens (tertiary/aromatic N) is 1. The summed E-state index contributed by atoms with van der Waals surface area (Å²) in [4.78, 5) is 25.5. The van der Waals surface area contributed by atoms with Crippen LogP contribution < -0.4 is 10.6 Å². The minimum absolute atomic E-state index is 0.0493. The van der Waals surface area contributed by atoms with Gasteiger partial charge in [0.15, 0.2) is 0 Å². The second kappa shape index (κ2) is 9.04. The maximum atomic E-state index is 12.3. The van der Waals surface area contributed by atoms with Crippen molar-refractivity contribution in [2.24, 2.45) is 0 Å². The van der Waals surface area contributed by atoms with Crippen LogP contribution in [0.5, 0.6) is 0 Å². The third kappa shape index (κ3) is 5.44. The molecule has 0 bridgehead atoms. The lowest BCUT2D eigenvalue weighted by molar-refractivity contribution is -0.117. The van der Waals surface area contributed by atoms with Crippen LogP contribution in [0.4, 0.5) is 11.4 Å². The van der Waals surface area contributed by atoms with Crippen molar-refractivity contribution >= 4 is 40.4 Å². The van der Waals surface area contributed by atoms with E-state index in [9.17, 15) is 9.59 Å². The molecule has 5 nitrogen and oxygen atoms in total. The van der Waals surface area contributed by atoms with E-state index in [2.05, 4.69) is 34.6 Å². The van der Waals surface area contributed by atoms with Gasteiger partial charge in [0.2, 0.25) is 11.8 Å². The highest BCUT2D eigenvalue weighted by molar-refractivity contribution is 6.30. The number of aryl methyl sites for hydroxylation is 1. The lowest BCUT2D eigenvalue weighted by Gasteiger charge is -2.26. The number of nitrogens with one attached hydrogen (secondary N) is 2. The third-order valence-electron chi connectivity index (χ3n) is 4.68. The maximum absolute atomic E-state index is 12.3. The van der Waals surface area contributed by atoms with Crippen LogP contribution in [-0.2, 0) is 9.59 Å². The smallest absolute Gasteiger partial charge is 0.238 e. The molecule has 146 valence electrons. The van der Waals surface area contributed by atoms with Gasteiger partial charge in [0.25, 0.3) is 0 Å². The van der Waals surface area contributed by atoms with Gasteiger partial charge < -0.3 is 10.6 Å². The molecule has 0 saturated heterocycles. The minimum Gasteiger partial charge on any atom is -0.326 e. The fourth-order valence-corrected chi connectivity index (χ4v) is 3.56. The van der Waals surface area contributed by atoms with Gasteiger partial charge in [-0.1, -0.05) is 23.7 Å². The number of benzene rings is 2. The Bertz CT molecular complexity index is 906. The number of carbonyl (C=O) groups excluding carboxylic acids is 2. The second-order valence-corrected chi connectivity index (χ2v) is 7.42. The lowest BCUT2D eigenvalue weighted by atomic mass is 9.95. The molecule has 0 atom stereocenters. The average molecular weight is 398 g/mol. The molecule has 0 saturated carbocycles. The van der Waals surface area contributed by atoms with Crippen LogP contribution in [0.15, 0.2) is 48.5 Å². The van der Waals surface area contributed by atoms with Gasteiger partial charge in [-0.05, 0) is 66.4 Å². The summed E-state index contributed by atoms with van der Waals surface area (Å²) < 4.78 is 0. The number of hydrogen-bond acceptors (Lipinski definition) is 3. The van der Waals surface area contributed by atoms with Gasteiger partial charge in [-0.25, -0.2) is 0 Å². The molecule has 6 heteroatoms. The zero-order chi connectivity index (χ0) is 20.1. The van der Waals surface area contributed by atoms with Crippen molar-refractivity contribution in [3.63, 3.8) is 0 Å². The normalized spacial score (nSPS) is 14.3. The van der Waals surface area contributed by atoms with Crippen molar-refractivity contribution in [2.45, 2.75) is 20.3 Å². The molecule has 28 heavy (non-hydrogen) atoms. The molecule has 0 radical (unpaired) electrons. The number of halogens is 1. The van der Waals surface area contributed by atoms with Crippen molar-refractivity contribution < 1.29 is 9.59 Å². The van der Waals surface area contributed by atoms with Gasteiger partial charge in [-0.3, -0.25) is 14.5 Å². The quantitative estimate of drug-likeness (QED) is 0.789. The lowest BCUT2D eigenvalue weighted by Crippen LogP contribution is -2.36. The van der Waals surface area contributed by atoms with Crippen LogP contribution in [0, 0.1) is 6.92 Å². The van der Waals surface area contributed by atoms with Gasteiger partial charge in [0.1, 0.15) is 0 Å². The molecule has 2 amide bonds. The summed E-state index contributed by atoms with van der Waals surface area (Å²) in [5.74, 6) is -0.171. The van der Waals surface area contributed by atoms with Gasteiger partial charge in [0.05, 0.1) is 6.54 Å². The van der Waals surface area contributed by atoms with E-state index in [-0.39, 0.29) is 11.8 Å². The summed E-state index contributed by atoms with van der Waals surface area (Å²) in [6.45, 7) is 5.45. The van der Waals surface area contributed by atoms with Crippen LogP contribution >= 0.6 is 11.6 Å². The summed E-state index contributed by atoms with van der Waals surface area (Å²) >= 11 is 6.04. The van der Waals surface area contributed by atoms with Crippen LogP contribution in [0.3, 0.4) is 0 Å². The Hall–Kier alpha value is -2.63. The number of carbonyl (C=O) groups is 2. The van der Waals surface area contributed by atoms with E-state index in [0.717, 1.165) is 24.5 Å². The fraction of sp³-hybridized carbons (Fsp3) is 0.273. The molecule has 2 aromatic carbocycles. The zero-order valence-electron chi connectivity index (χ0n) is 16.1. The molecule has 0 unspecified atom stereocenters. The molecule has 0 spiro atoms. The Balaban J connectivity index is 1.53. The molecular weight excluding hydrogens is 374 g/mol. The first kappa shape index (κ1) is 20.1. The third-order valence-corrected chi connectivity index (χ3v) is 4.92. The Morgan fingerprint density at radius 3 is 2.32 bits per heavy atom. The van der Waals surface area contributed by atoms with Crippen LogP contribution in [0.25, 0.3) is 5.57 Å².